The number of imidazole rings is 1. The number of nitro groups is 1. The Morgan fingerprint density at radius 1 is 1.47 bits per heavy atom. The minimum absolute atomic E-state index is 0.0741. The average Bonchev–Trinajstić information content (AvgIpc) is 2.79. The molecule has 19 heavy (non-hydrogen) atoms. The van der Waals surface area contributed by atoms with Crippen LogP contribution < -0.4 is 5.73 Å². The van der Waals surface area contributed by atoms with Crippen LogP contribution in [0.4, 0.5) is 5.69 Å². The lowest BCUT2D eigenvalue weighted by molar-refractivity contribution is -0.384. The molecule has 0 aliphatic heterocycles. The number of nitrogens with zero attached hydrogens (tertiary/aromatic N) is 3. The summed E-state index contributed by atoms with van der Waals surface area (Å²) in [6.07, 6.45) is 4.41. The zero-order valence-electron chi connectivity index (χ0n) is 10.1. The topological polar surface area (TPSA) is 87.0 Å². The van der Waals surface area contributed by atoms with Gasteiger partial charge < -0.3 is 10.3 Å². The maximum absolute atomic E-state index is 10.7. The summed E-state index contributed by atoms with van der Waals surface area (Å²) in [5.41, 5.74) is 7.45. The molecule has 100 valence electrons. The quantitative estimate of drug-likeness (QED) is 0.674. The molecule has 0 saturated heterocycles. The molecule has 6 nitrogen and oxygen atoms in total. The molecule has 2 rings (SSSR count). The third kappa shape index (κ3) is 3.39. The second kappa shape index (κ2) is 5.94. The van der Waals surface area contributed by atoms with Crippen LogP contribution >= 0.6 is 15.9 Å². The summed E-state index contributed by atoms with van der Waals surface area (Å²) in [6.45, 7) is 1.17. The molecule has 0 unspecified atom stereocenters. The number of non-ortho nitro benzene ring substituents is 1. The molecular weight excluding hydrogens is 312 g/mol. The smallest absolute Gasteiger partial charge is 0.270 e. The van der Waals surface area contributed by atoms with Crippen molar-refractivity contribution in [2.24, 2.45) is 5.73 Å². The van der Waals surface area contributed by atoms with Gasteiger partial charge in [-0.25, -0.2) is 4.98 Å². The Morgan fingerprint density at radius 3 is 2.89 bits per heavy atom. The van der Waals surface area contributed by atoms with Gasteiger partial charge in [-0.2, -0.15) is 0 Å². The van der Waals surface area contributed by atoms with Crippen LogP contribution in [0.15, 0.2) is 35.2 Å². The van der Waals surface area contributed by atoms with Crippen LogP contribution in [0.25, 0.3) is 0 Å². The molecular formula is C12H13BrN4O2. The fourth-order valence-corrected chi connectivity index (χ4v) is 2.24. The molecule has 0 aliphatic rings. The molecule has 2 aromatic rings. The van der Waals surface area contributed by atoms with Gasteiger partial charge in [0.2, 0.25) is 0 Å². The van der Waals surface area contributed by atoms with Gasteiger partial charge in [-0.3, -0.25) is 10.1 Å². The van der Waals surface area contributed by atoms with Crippen LogP contribution in [0.1, 0.15) is 11.3 Å². The summed E-state index contributed by atoms with van der Waals surface area (Å²) >= 11 is 3.35. The maximum Gasteiger partial charge on any atom is 0.270 e. The fraction of sp³-hybridized carbons (Fsp3) is 0.250. The molecule has 1 heterocycles. The maximum atomic E-state index is 10.7. The highest BCUT2D eigenvalue weighted by Gasteiger charge is 2.09. The molecule has 0 bridgehead atoms. The average molecular weight is 325 g/mol. The number of hydrogen-bond acceptors (Lipinski definition) is 4. The summed E-state index contributed by atoms with van der Waals surface area (Å²) in [5.74, 6) is 0. The van der Waals surface area contributed by atoms with E-state index in [0.29, 0.717) is 13.1 Å². The SMILES string of the molecule is NCCc1cn(Cc2ccc([N+](=O)[O-])cc2Br)cn1. The fourth-order valence-electron chi connectivity index (χ4n) is 1.74. The molecule has 0 atom stereocenters. The highest BCUT2D eigenvalue weighted by atomic mass is 79.9. The van der Waals surface area contributed by atoms with Crippen LogP contribution in [0.3, 0.4) is 0 Å². The predicted octanol–water partition coefficient (Wildman–Crippen LogP) is 2.10. The largest absolute Gasteiger partial charge is 0.333 e. The first-order valence-corrected chi connectivity index (χ1v) is 6.53. The van der Waals surface area contributed by atoms with Gasteiger partial charge in [-0.05, 0) is 18.2 Å². The summed E-state index contributed by atoms with van der Waals surface area (Å²) in [6, 6.07) is 4.75. The molecule has 0 spiro atoms. The van der Waals surface area contributed by atoms with E-state index in [1.54, 1.807) is 12.4 Å². The Labute approximate surface area is 118 Å². The Balaban J connectivity index is 2.16. The van der Waals surface area contributed by atoms with Gasteiger partial charge in [0.15, 0.2) is 0 Å². The Bertz CT molecular complexity index is 597. The molecule has 0 fully saturated rings. The zero-order chi connectivity index (χ0) is 13.8. The highest BCUT2D eigenvalue weighted by molar-refractivity contribution is 9.10. The summed E-state index contributed by atoms with van der Waals surface area (Å²) in [4.78, 5) is 14.5. The number of nitro benzene ring substituents is 1. The van der Waals surface area contributed by atoms with Crippen molar-refractivity contribution in [3.05, 3.63) is 56.6 Å². The van der Waals surface area contributed by atoms with Gasteiger partial charge in [-0.15, -0.1) is 0 Å². The number of nitrogens with two attached hydrogens (primary N) is 1. The van der Waals surface area contributed by atoms with Crippen LogP contribution in [-0.2, 0) is 13.0 Å². The lowest BCUT2D eigenvalue weighted by Crippen LogP contribution is -2.03. The van der Waals surface area contributed by atoms with Gasteiger partial charge >= 0.3 is 0 Å². The van der Waals surface area contributed by atoms with E-state index in [1.807, 2.05) is 10.8 Å². The van der Waals surface area contributed by atoms with E-state index >= 15 is 0 Å². The van der Waals surface area contributed by atoms with Crippen molar-refractivity contribution in [3.63, 3.8) is 0 Å². The van der Waals surface area contributed by atoms with Crippen molar-refractivity contribution in [3.8, 4) is 0 Å². The summed E-state index contributed by atoms with van der Waals surface area (Å²) < 4.78 is 2.65. The Morgan fingerprint density at radius 2 is 2.26 bits per heavy atom. The molecule has 0 radical (unpaired) electrons. The number of hydrogen-bond donors (Lipinski definition) is 1. The van der Waals surface area contributed by atoms with E-state index in [9.17, 15) is 10.1 Å². The number of benzene rings is 1. The first-order valence-electron chi connectivity index (χ1n) is 5.73. The van der Waals surface area contributed by atoms with E-state index in [2.05, 4.69) is 20.9 Å². The van der Waals surface area contributed by atoms with Gasteiger partial charge in [-0.1, -0.05) is 15.9 Å². The van der Waals surface area contributed by atoms with Gasteiger partial charge in [0.1, 0.15) is 0 Å². The van der Waals surface area contributed by atoms with Crippen LogP contribution in [0.2, 0.25) is 0 Å². The first-order chi connectivity index (χ1) is 9.10. The van der Waals surface area contributed by atoms with Crippen molar-refractivity contribution in [1.29, 1.82) is 0 Å². The monoisotopic (exact) mass is 324 g/mol. The molecule has 0 saturated carbocycles. The molecule has 2 N–H and O–H groups in total. The molecule has 1 aromatic carbocycles. The Kier molecular flexibility index (Phi) is 4.28. The van der Waals surface area contributed by atoms with Crippen molar-refractivity contribution in [1.82, 2.24) is 9.55 Å². The van der Waals surface area contributed by atoms with Crippen molar-refractivity contribution < 1.29 is 4.92 Å². The molecule has 7 heteroatoms. The number of aromatic nitrogens is 2. The first kappa shape index (κ1) is 13.7. The number of rotatable bonds is 5. The minimum atomic E-state index is -0.412. The van der Waals surface area contributed by atoms with E-state index in [-0.39, 0.29) is 5.69 Å². The van der Waals surface area contributed by atoms with Crippen molar-refractivity contribution in [2.75, 3.05) is 6.54 Å². The lowest BCUT2D eigenvalue weighted by Gasteiger charge is -2.05. The molecule has 0 aliphatic carbocycles. The standard InChI is InChI=1S/C12H13BrN4O2/c13-12-5-11(17(18)19)2-1-9(12)6-16-7-10(3-4-14)15-8-16/h1-2,5,7-8H,3-4,6,14H2. The summed E-state index contributed by atoms with van der Waals surface area (Å²) in [5, 5.41) is 10.7. The normalized spacial score (nSPS) is 10.6. The van der Waals surface area contributed by atoms with Crippen LogP contribution in [0, 0.1) is 10.1 Å². The third-order valence-corrected chi connectivity index (χ3v) is 3.43. The van der Waals surface area contributed by atoms with E-state index in [4.69, 9.17) is 5.73 Å². The van der Waals surface area contributed by atoms with Crippen molar-refractivity contribution >= 4 is 21.6 Å². The third-order valence-electron chi connectivity index (χ3n) is 2.69. The second-order valence-corrected chi connectivity index (χ2v) is 4.96. The summed E-state index contributed by atoms with van der Waals surface area (Å²) in [7, 11) is 0. The van der Waals surface area contributed by atoms with E-state index in [1.165, 1.54) is 12.1 Å². The number of halogens is 1. The predicted molar refractivity (Wildman–Crippen MR) is 74.9 cm³/mol. The minimum Gasteiger partial charge on any atom is -0.333 e. The highest BCUT2D eigenvalue weighted by Crippen LogP contribution is 2.23. The van der Waals surface area contributed by atoms with E-state index in [0.717, 1.165) is 22.2 Å². The Hall–Kier alpha value is -1.73. The van der Waals surface area contributed by atoms with E-state index < -0.39 is 4.92 Å². The van der Waals surface area contributed by atoms with Gasteiger partial charge in [0, 0.05) is 35.8 Å². The molecule has 0 amide bonds. The lowest BCUT2D eigenvalue weighted by atomic mass is 10.2. The van der Waals surface area contributed by atoms with Crippen LogP contribution in [-0.4, -0.2) is 21.0 Å². The van der Waals surface area contributed by atoms with Crippen molar-refractivity contribution in [2.45, 2.75) is 13.0 Å². The molecule has 1 aromatic heterocycles. The zero-order valence-corrected chi connectivity index (χ0v) is 11.7. The van der Waals surface area contributed by atoms with Crippen LogP contribution in [0.5, 0.6) is 0 Å². The van der Waals surface area contributed by atoms with Gasteiger partial charge in [0.05, 0.1) is 16.9 Å². The van der Waals surface area contributed by atoms with Gasteiger partial charge in [0.25, 0.3) is 5.69 Å². The second-order valence-electron chi connectivity index (χ2n) is 4.11.